The maximum Gasteiger partial charge on any atom is 0.250 e. The third-order valence-corrected chi connectivity index (χ3v) is 6.68. The van der Waals surface area contributed by atoms with Gasteiger partial charge in [0.15, 0.2) is 22.6 Å². The molecule has 1 aliphatic carbocycles. The summed E-state index contributed by atoms with van der Waals surface area (Å²) in [7, 11) is 0. The minimum absolute atomic E-state index is 0.0250. The predicted molar refractivity (Wildman–Crippen MR) is 129 cm³/mol. The zero-order valence-corrected chi connectivity index (χ0v) is 20.1. The molecular formula is C26H26ClFN4O2. The van der Waals surface area contributed by atoms with E-state index < -0.39 is 0 Å². The van der Waals surface area contributed by atoms with E-state index in [0.29, 0.717) is 29.1 Å². The number of nitrogens with zero attached hydrogens (tertiary/aromatic N) is 3. The molecule has 5 rings (SSSR count). The van der Waals surface area contributed by atoms with E-state index in [-0.39, 0.29) is 34.6 Å². The van der Waals surface area contributed by atoms with Gasteiger partial charge >= 0.3 is 0 Å². The monoisotopic (exact) mass is 480 g/mol. The first-order valence-corrected chi connectivity index (χ1v) is 11.8. The first kappa shape index (κ1) is 22.6. The second-order valence-electron chi connectivity index (χ2n) is 9.04. The normalized spacial score (nSPS) is 17.6. The summed E-state index contributed by atoms with van der Waals surface area (Å²) in [6, 6.07) is 11.6. The Bertz CT molecular complexity index is 1280. The van der Waals surface area contributed by atoms with Crippen LogP contribution in [0.25, 0.3) is 0 Å². The maximum absolute atomic E-state index is 15.1. The third kappa shape index (κ3) is 4.57. The van der Waals surface area contributed by atoms with Gasteiger partial charge < -0.3 is 14.9 Å². The first-order chi connectivity index (χ1) is 16.4. The minimum atomic E-state index is -0.368. The smallest absolute Gasteiger partial charge is 0.250 e. The van der Waals surface area contributed by atoms with Crippen molar-refractivity contribution in [2.75, 3.05) is 6.61 Å². The van der Waals surface area contributed by atoms with Crippen molar-refractivity contribution in [2.45, 2.75) is 52.0 Å². The van der Waals surface area contributed by atoms with E-state index >= 15 is 4.39 Å². The van der Waals surface area contributed by atoms with Crippen molar-refractivity contribution in [2.24, 2.45) is 5.16 Å². The quantitative estimate of drug-likeness (QED) is 0.486. The molecule has 34 heavy (non-hydrogen) atoms. The van der Waals surface area contributed by atoms with Crippen LogP contribution in [0.2, 0.25) is 5.15 Å². The Morgan fingerprint density at radius 1 is 1.15 bits per heavy atom. The number of rotatable bonds is 6. The number of hydrogen-bond acceptors (Lipinski definition) is 6. The number of aromatic nitrogens is 2. The molecular weight excluding hydrogens is 455 g/mol. The lowest BCUT2D eigenvalue weighted by Crippen LogP contribution is -2.44. The SMILES string of the molecule is Cc1ccc(CC2CON=C(c3c(Oc4cccc(C5CC5)c4F)nnc(Cl)c3C)N2)c(C)c1. The summed E-state index contributed by atoms with van der Waals surface area (Å²) in [6.07, 6.45) is 2.74. The highest BCUT2D eigenvalue weighted by molar-refractivity contribution is 6.30. The molecule has 1 atom stereocenters. The molecule has 0 amide bonds. The van der Waals surface area contributed by atoms with E-state index in [4.69, 9.17) is 21.2 Å². The van der Waals surface area contributed by atoms with Crippen LogP contribution in [-0.4, -0.2) is 28.7 Å². The standard InChI is InChI=1S/C26H26ClFN4O2/c1-14-7-8-18(15(2)11-14)12-19-13-33-32-25(29-19)22-16(3)24(27)30-31-26(22)34-21-6-4-5-20(23(21)28)17-9-10-17/h4-8,11,17,19H,9-10,12-13H2,1-3H3,(H,29,32). The van der Waals surface area contributed by atoms with Crippen LogP contribution >= 0.6 is 11.6 Å². The molecule has 0 spiro atoms. The van der Waals surface area contributed by atoms with Crippen molar-refractivity contribution in [3.8, 4) is 11.6 Å². The van der Waals surface area contributed by atoms with Gasteiger partial charge in [0.25, 0.3) is 5.88 Å². The van der Waals surface area contributed by atoms with Gasteiger partial charge in [0.1, 0.15) is 6.61 Å². The van der Waals surface area contributed by atoms with E-state index in [0.717, 1.165) is 19.3 Å². The molecule has 2 heterocycles. The Morgan fingerprint density at radius 3 is 2.74 bits per heavy atom. The van der Waals surface area contributed by atoms with Crippen LogP contribution < -0.4 is 10.1 Å². The topological polar surface area (TPSA) is 68.6 Å². The molecule has 2 aliphatic rings. The highest BCUT2D eigenvalue weighted by Crippen LogP contribution is 2.43. The molecule has 8 heteroatoms. The van der Waals surface area contributed by atoms with Gasteiger partial charge in [-0.05, 0) is 68.7 Å². The molecule has 1 N–H and O–H groups in total. The van der Waals surface area contributed by atoms with Crippen molar-refractivity contribution in [1.29, 1.82) is 0 Å². The van der Waals surface area contributed by atoms with E-state index in [9.17, 15) is 0 Å². The van der Waals surface area contributed by atoms with Gasteiger partial charge in [-0.2, -0.15) is 0 Å². The fraction of sp³-hybridized carbons (Fsp3) is 0.346. The average molecular weight is 481 g/mol. The first-order valence-electron chi connectivity index (χ1n) is 11.4. The van der Waals surface area contributed by atoms with Crippen LogP contribution in [0.5, 0.6) is 11.6 Å². The molecule has 1 aromatic heterocycles. The number of aryl methyl sites for hydroxylation is 2. The van der Waals surface area contributed by atoms with Crippen molar-refractivity contribution in [3.63, 3.8) is 0 Å². The summed E-state index contributed by atoms with van der Waals surface area (Å²) in [5.74, 6) is 0.545. The molecule has 0 bridgehead atoms. The average Bonchev–Trinajstić information content (AvgIpc) is 3.65. The predicted octanol–water partition coefficient (Wildman–Crippen LogP) is 5.76. The molecule has 1 unspecified atom stereocenters. The summed E-state index contributed by atoms with van der Waals surface area (Å²) in [5.41, 5.74) is 5.47. The molecule has 1 saturated carbocycles. The Morgan fingerprint density at radius 2 is 1.97 bits per heavy atom. The van der Waals surface area contributed by atoms with Crippen molar-refractivity contribution in [1.82, 2.24) is 15.5 Å². The molecule has 1 fully saturated rings. The van der Waals surface area contributed by atoms with Crippen LogP contribution in [0, 0.1) is 26.6 Å². The Balaban J connectivity index is 1.43. The van der Waals surface area contributed by atoms with Gasteiger partial charge in [0.2, 0.25) is 0 Å². The lowest BCUT2D eigenvalue weighted by molar-refractivity contribution is 0.109. The lowest BCUT2D eigenvalue weighted by Gasteiger charge is -2.26. The Labute approximate surface area is 203 Å². The van der Waals surface area contributed by atoms with Gasteiger partial charge in [0.05, 0.1) is 11.6 Å². The second-order valence-corrected chi connectivity index (χ2v) is 9.40. The number of hydrogen-bond donors (Lipinski definition) is 1. The second kappa shape index (κ2) is 9.22. The molecule has 1 aliphatic heterocycles. The van der Waals surface area contributed by atoms with Crippen molar-refractivity contribution in [3.05, 3.63) is 80.7 Å². The molecule has 3 aromatic rings. The summed E-state index contributed by atoms with van der Waals surface area (Å²) in [5, 5.41) is 16.0. The van der Waals surface area contributed by atoms with Gasteiger partial charge in [0, 0.05) is 5.56 Å². The van der Waals surface area contributed by atoms with Crippen LogP contribution in [0.15, 0.2) is 41.6 Å². The van der Waals surface area contributed by atoms with Gasteiger partial charge in [-0.25, -0.2) is 4.39 Å². The van der Waals surface area contributed by atoms with E-state index in [1.165, 1.54) is 16.7 Å². The van der Waals surface area contributed by atoms with Crippen LogP contribution in [0.1, 0.15) is 52.1 Å². The number of oxime groups is 1. The largest absolute Gasteiger partial charge is 0.434 e. The fourth-order valence-electron chi connectivity index (χ4n) is 4.27. The summed E-state index contributed by atoms with van der Waals surface area (Å²) >= 11 is 6.29. The highest BCUT2D eigenvalue weighted by atomic mass is 35.5. The fourth-order valence-corrected chi connectivity index (χ4v) is 4.40. The zero-order valence-electron chi connectivity index (χ0n) is 19.4. The summed E-state index contributed by atoms with van der Waals surface area (Å²) in [4.78, 5) is 5.57. The third-order valence-electron chi connectivity index (χ3n) is 6.32. The molecule has 0 saturated heterocycles. The maximum atomic E-state index is 15.1. The Kier molecular flexibility index (Phi) is 6.13. The van der Waals surface area contributed by atoms with Gasteiger partial charge in [-0.1, -0.05) is 52.7 Å². The van der Waals surface area contributed by atoms with Gasteiger partial charge in [-0.15, -0.1) is 10.2 Å². The number of benzene rings is 2. The minimum Gasteiger partial charge on any atom is -0.434 e. The van der Waals surface area contributed by atoms with Crippen molar-refractivity contribution >= 4 is 17.4 Å². The molecule has 2 aromatic carbocycles. The summed E-state index contributed by atoms with van der Waals surface area (Å²) in [6.45, 7) is 6.40. The summed E-state index contributed by atoms with van der Waals surface area (Å²) < 4.78 is 21.1. The number of ether oxygens (including phenoxy) is 1. The number of halogens is 2. The van der Waals surface area contributed by atoms with E-state index in [2.05, 4.69) is 52.7 Å². The van der Waals surface area contributed by atoms with E-state index in [1.54, 1.807) is 25.1 Å². The highest BCUT2D eigenvalue weighted by Gasteiger charge is 2.30. The van der Waals surface area contributed by atoms with Crippen LogP contribution in [0.4, 0.5) is 4.39 Å². The molecule has 6 nitrogen and oxygen atoms in total. The van der Waals surface area contributed by atoms with E-state index in [1.807, 2.05) is 0 Å². The molecule has 0 radical (unpaired) electrons. The number of amidine groups is 1. The van der Waals surface area contributed by atoms with Gasteiger partial charge in [-0.3, -0.25) is 0 Å². The van der Waals surface area contributed by atoms with Crippen LogP contribution in [-0.2, 0) is 11.3 Å². The molecule has 176 valence electrons. The number of nitrogens with one attached hydrogen (secondary N) is 1. The zero-order chi connectivity index (χ0) is 23.8. The Hall–Kier alpha value is -3.19. The lowest BCUT2D eigenvalue weighted by atomic mass is 9.99. The van der Waals surface area contributed by atoms with Crippen LogP contribution in [0.3, 0.4) is 0 Å². The van der Waals surface area contributed by atoms with Crippen molar-refractivity contribution < 1.29 is 14.0 Å².